The zero-order valence-corrected chi connectivity index (χ0v) is 14.9. The zero-order chi connectivity index (χ0) is 17.5. The average Bonchev–Trinajstić information content (AvgIpc) is 3.06. The molecular formula is C16H17ClN2O4S. The van der Waals surface area contributed by atoms with Gasteiger partial charge in [0.1, 0.15) is 5.01 Å². The van der Waals surface area contributed by atoms with Crippen molar-refractivity contribution in [2.45, 2.75) is 6.54 Å². The van der Waals surface area contributed by atoms with Gasteiger partial charge < -0.3 is 14.4 Å². The Morgan fingerprint density at radius 1 is 1.29 bits per heavy atom. The number of aromatic nitrogens is 1. The van der Waals surface area contributed by atoms with E-state index in [9.17, 15) is 9.59 Å². The first-order chi connectivity index (χ1) is 11.6. The van der Waals surface area contributed by atoms with Gasteiger partial charge in [0, 0.05) is 19.0 Å². The molecule has 0 aliphatic heterocycles. The van der Waals surface area contributed by atoms with Crippen LogP contribution < -0.4 is 0 Å². The van der Waals surface area contributed by atoms with Crippen molar-refractivity contribution in [2.24, 2.45) is 0 Å². The molecule has 0 fully saturated rings. The summed E-state index contributed by atoms with van der Waals surface area (Å²) in [6.07, 6.45) is 0. The maximum atomic E-state index is 12.7. The predicted molar refractivity (Wildman–Crippen MR) is 91.5 cm³/mol. The fourth-order valence-electron chi connectivity index (χ4n) is 2.00. The molecule has 0 bridgehead atoms. The van der Waals surface area contributed by atoms with Crippen LogP contribution in [0, 0.1) is 0 Å². The van der Waals surface area contributed by atoms with Gasteiger partial charge in [0.25, 0.3) is 5.91 Å². The van der Waals surface area contributed by atoms with Crippen molar-refractivity contribution in [3.63, 3.8) is 0 Å². The number of rotatable bonds is 7. The second kappa shape index (κ2) is 8.77. The van der Waals surface area contributed by atoms with E-state index >= 15 is 0 Å². The molecule has 0 spiro atoms. The normalized spacial score (nSPS) is 10.5. The molecule has 2 rings (SSSR count). The fourth-order valence-corrected chi connectivity index (χ4v) is 3.00. The van der Waals surface area contributed by atoms with Crippen LogP contribution in [-0.4, -0.2) is 49.1 Å². The van der Waals surface area contributed by atoms with E-state index in [1.165, 1.54) is 18.4 Å². The standard InChI is InChI=1S/C16H17ClN2O4S/c1-22-8-7-19(15(20)11-5-3-4-6-12(11)17)9-14-18-13(10-24-14)16(21)23-2/h3-6,10H,7-9H2,1-2H3. The van der Waals surface area contributed by atoms with E-state index < -0.39 is 5.97 Å². The number of methoxy groups -OCH3 is 2. The summed E-state index contributed by atoms with van der Waals surface area (Å²) in [5.41, 5.74) is 0.648. The summed E-state index contributed by atoms with van der Waals surface area (Å²) in [5, 5.41) is 2.63. The van der Waals surface area contributed by atoms with Gasteiger partial charge in [-0.05, 0) is 12.1 Å². The van der Waals surface area contributed by atoms with Gasteiger partial charge in [-0.15, -0.1) is 11.3 Å². The van der Waals surface area contributed by atoms with E-state index in [4.69, 9.17) is 16.3 Å². The maximum absolute atomic E-state index is 12.7. The monoisotopic (exact) mass is 368 g/mol. The first-order valence-electron chi connectivity index (χ1n) is 7.12. The average molecular weight is 369 g/mol. The number of benzene rings is 1. The lowest BCUT2D eigenvalue weighted by atomic mass is 10.2. The third-order valence-electron chi connectivity index (χ3n) is 3.23. The summed E-state index contributed by atoms with van der Waals surface area (Å²) in [4.78, 5) is 30.0. The van der Waals surface area contributed by atoms with Crippen LogP contribution in [0.4, 0.5) is 0 Å². The Hall–Kier alpha value is -1.96. The highest BCUT2D eigenvalue weighted by atomic mass is 35.5. The summed E-state index contributed by atoms with van der Waals surface area (Å²) in [7, 11) is 2.87. The van der Waals surface area contributed by atoms with Crippen molar-refractivity contribution < 1.29 is 19.1 Å². The largest absolute Gasteiger partial charge is 0.464 e. The minimum Gasteiger partial charge on any atom is -0.464 e. The molecule has 128 valence electrons. The van der Waals surface area contributed by atoms with E-state index in [0.29, 0.717) is 28.7 Å². The Morgan fingerprint density at radius 3 is 2.71 bits per heavy atom. The number of hydrogen-bond donors (Lipinski definition) is 0. The number of hydrogen-bond acceptors (Lipinski definition) is 6. The minimum atomic E-state index is -0.502. The molecule has 8 heteroatoms. The summed E-state index contributed by atoms with van der Waals surface area (Å²) in [6, 6.07) is 6.86. The number of carbonyl (C=O) groups is 2. The van der Waals surface area contributed by atoms with Crippen LogP contribution in [0.5, 0.6) is 0 Å². The third-order valence-corrected chi connectivity index (χ3v) is 4.39. The fraction of sp³-hybridized carbons (Fsp3) is 0.312. The second-order valence-corrected chi connectivity index (χ2v) is 6.17. The number of nitrogens with zero attached hydrogens (tertiary/aromatic N) is 2. The molecule has 1 heterocycles. The maximum Gasteiger partial charge on any atom is 0.357 e. The molecule has 0 saturated heterocycles. The quantitative estimate of drug-likeness (QED) is 0.703. The van der Waals surface area contributed by atoms with E-state index in [1.54, 1.807) is 41.7 Å². The van der Waals surface area contributed by atoms with Gasteiger partial charge in [0.15, 0.2) is 5.69 Å². The van der Waals surface area contributed by atoms with Crippen LogP contribution in [-0.2, 0) is 16.0 Å². The Labute approximate surface area is 149 Å². The minimum absolute atomic E-state index is 0.215. The molecule has 0 aliphatic carbocycles. The van der Waals surface area contributed by atoms with Crippen molar-refractivity contribution in [1.82, 2.24) is 9.88 Å². The lowest BCUT2D eigenvalue weighted by Crippen LogP contribution is -2.33. The number of ether oxygens (including phenoxy) is 2. The summed E-state index contributed by atoms with van der Waals surface area (Å²) < 4.78 is 9.71. The molecule has 2 aromatic rings. The number of thiazole rings is 1. The number of amides is 1. The van der Waals surface area contributed by atoms with Gasteiger partial charge >= 0.3 is 5.97 Å². The zero-order valence-electron chi connectivity index (χ0n) is 13.3. The topological polar surface area (TPSA) is 68.7 Å². The van der Waals surface area contributed by atoms with Gasteiger partial charge in [0.2, 0.25) is 0 Å². The van der Waals surface area contributed by atoms with E-state index in [0.717, 1.165) is 0 Å². The smallest absolute Gasteiger partial charge is 0.357 e. The van der Waals surface area contributed by atoms with Crippen molar-refractivity contribution >= 4 is 34.8 Å². The van der Waals surface area contributed by atoms with Crippen molar-refractivity contribution in [2.75, 3.05) is 27.4 Å². The van der Waals surface area contributed by atoms with Crippen LogP contribution >= 0.6 is 22.9 Å². The SMILES string of the molecule is COCCN(Cc1nc(C(=O)OC)cs1)C(=O)c1ccccc1Cl. The molecule has 0 saturated carbocycles. The van der Waals surface area contributed by atoms with Crippen LogP contribution in [0.2, 0.25) is 5.02 Å². The lowest BCUT2D eigenvalue weighted by molar-refractivity contribution is 0.0594. The Balaban J connectivity index is 2.19. The molecule has 1 aromatic carbocycles. The van der Waals surface area contributed by atoms with E-state index in [-0.39, 0.29) is 18.1 Å². The lowest BCUT2D eigenvalue weighted by Gasteiger charge is -2.21. The first kappa shape index (κ1) is 18.4. The van der Waals surface area contributed by atoms with Gasteiger partial charge in [-0.25, -0.2) is 9.78 Å². The van der Waals surface area contributed by atoms with E-state index in [2.05, 4.69) is 9.72 Å². The molecule has 0 N–H and O–H groups in total. The van der Waals surface area contributed by atoms with Gasteiger partial charge in [-0.1, -0.05) is 23.7 Å². The van der Waals surface area contributed by atoms with Crippen LogP contribution in [0.1, 0.15) is 25.9 Å². The van der Waals surface area contributed by atoms with Crippen molar-refractivity contribution in [1.29, 1.82) is 0 Å². The molecule has 0 unspecified atom stereocenters. The van der Waals surface area contributed by atoms with Gasteiger partial charge in [-0.3, -0.25) is 4.79 Å². The van der Waals surface area contributed by atoms with Gasteiger partial charge in [0.05, 0.1) is 30.8 Å². The second-order valence-electron chi connectivity index (χ2n) is 4.82. The van der Waals surface area contributed by atoms with Crippen LogP contribution in [0.3, 0.4) is 0 Å². The summed E-state index contributed by atoms with van der Waals surface area (Å²) in [6.45, 7) is 1.02. The summed E-state index contributed by atoms with van der Waals surface area (Å²) >= 11 is 7.40. The molecular weight excluding hydrogens is 352 g/mol. The molecule has 0 atom stereocenters. The highest BCUT2D eigenvalue weighted by molar-refractivity contribution is 7.09. The first-order valence-corrected chi connectivity index (χ1v) is 8.38. The Bertz CT molecular complexity index is 720. The summed E-state index contributed by atoms with van der Waals surface area (Å²) in [5.74, 6) is -0.717. The van der Waals surface area contributed by atoms with E-state index in [1.807, 2.05) is 0 Å². The Morgan fingerprint density at radius 2 is 2.04 bits per heavy atom. The highest BCUT2D eigenvalue weighted by Gasteiger charge is 2.20. The third kappa shape index (κ3) is 4.53. The molecule has 24 heavy (non-hydrogen) atoms. The van der Waals surface area contributed by atoms with Gasteiger partial charge in [-0.2, -0.15) is 0 Å². The number of carbonyl (C=O) groups excluding carboxylic acids is 2. The molecule has 1 amide bonds. The molecule has 0 radical (unpaired) electrons. The predicted octanol–water partition coefficient (Wildman–Crippen LogP) is 2.87. The van der Waals surface area contributed by atoms with Crippen molar-refractivity contribution in [3.8, 4) is 0 Å². The number of halogens is 1. The molecule has 0 aliphatic rings. The Kier molecular flexibility index (Phi) is 6.72. The van der Waals surface area contributed by atoms with Crippen LogP contribution in [0.25, 0.3) is 0 Å². The van der Waals surface area contributed by atoms with Crippen molar-refractivity contribution in [3.05, 3.63) is 50.9 Å². The molecule has 6 nitrogen and oxygen atoms in total. The highest BCUT2D eigenvalue weighted by Crippen LogP contribution is 2.20. The number of esters is 1. The van der Waals surface area contributed by atoms with Crippen LogP contribution in [0.15, 0.2) is 29.6 Å². The molecule has 1 aromatic heterocycles.